The number of benzene rings is 7. The molecule has 0 aliphatic carbocycles. The minimum atomic E-state index is 0.914. The Balaban J connectivity index is 0.959. The molecule has 0 radical (unpaired) electrons. The highest BCUT2D eigenvalue weighted by atomic mass is 14.8. The number of pyridine rings is 4. The van der Waals surface area contributed by atoms with Crippen LogP contribution in [-0.2, 0) is 0 Å². The molecule has 0 amide bonds. The molecule has 0 aliphatic rings. The number of hydrogen-bond acceptors (Lipinski definition) is 4. The van der Waals surface area contributed by atoms with Gasteiger partial charge >= 0.3 is 0 Å². The largest absolute Gasteiger partial charge is 0.254 e. The first-order valence-electron chi connectivity index (χ1n) is 18.9. The maximum Gasteiger partial charge on any atom is 0.0972 e. The quantitative estimate of drug-likeness (QED) is 0.167. The lowest BCUT2D eigenvalue weighted by atomic mass is 9.95. The van der Waals surface area contributed by atoms with E-state index in [2.05, 4.69) is 181 Å². The van der Waals surface area contributed by atoms with E-state index < -0.39 is 0 Å². The van der Waals surface area contributed by atoms with Crippen molar-refractivity contribution in [2.45, 2.75) is 0 Å². The maximum atomic E-state index is 5.27. The Bertz CT molecular complexity index is 3320. The summed E-state index contributed by atoms with van der Waals surface area (Å²) in [5.41, 5.74) is 14.4. The summed E-state index contributed by atoms with van der Waals surface area (Å²) in [6, 6.07) is 66.2. The van der Waals surface area contributed by atoms with Crippen LogP contribution >= 0.6 is 0 Å². The lowest BCUT2D eigenvalue weighted by Gasteiger charge is -2.13. The molecule has 11 aromatic rings. The highest BCUT2D eigenvalue weighted by molar-refractivity contribution is 6.07. The van der Waals surface area contributed by atoms with E-state index in [4.69, 9.17) is 15.0 Å². The third-order valence-corrected chi connectivity index (χ3v) is 10.9. The third kappa shape index (κ3) is 5.55. The molecular formula is C52H32N4. The fraction of sp³-hybridized carbons (Fsp3) is 0. The summed E-state index contributed by atoms with van der Waals surface area (Å²) in [6.07, 6.45) is 1.84. The monoisotopic (exact) mass is 712 g/mol. The molecule has 0 unspecified atom stereocenters. The van der Waals surface area contributed by atoms with E-state index in [1.165, 1.54) is 11.1 Å². The van der Waals surface area contributed by atoms with E-state index in [0.717, 1.165) is 99.3 Å². The summed E-state index contributed by atoms with van der Waals surface area (Å²) in [4.78, 5) is 20.3. The van der Waals surface area contributed by atoms with E-state index in [1.807, 2.05) is 18.3 Å². The Morgan fingerprint density at radius 2 is 0.804 bits per heavy atom. The van der Waals surface area contributed by atoms with Crippen molar-refractivity contribution in [1.82, 2.24) is 19.9 Å². The first-order valence-corrected chi connectivity index (χ1v) is 18.9. The Labute approximate surface area is 323 Å². The van der Waals surface area contributed by atoms with Crippen LogP contribution < -0.4 is 0 Å². The highest BCUT2D eigenvalue weighted by Crippen LogP contribution is 2.37. The van der Waals surface area contributed by atoms with Crippen molar-refractivity contribution in [2.24, 2.45) is 0 Å². The zero-order valence-corrected chi connectivity index (χ0v) is 30.3. The zero-order valence-electron chi connectivity index (χ0n) is 30.3. The van der Waals surface area contributed by atoms with Crippen molar-refractivity contribution in [1.29, 1.82) is 0 Å². The molecule has 7 aromatic carbocycles. The molecule has 11 rings (SSSR count). The Hall–Kier alpha value is -7.56. The molecule has 0 spiro atoms. The van der Waals surface area contributed by atoms with Crippen LogP contribution in [0.3, 0.4) is 0 Å². The molecule has 0 fully saturated rings. The molecule has 0 aliphatic heterocycles. The van der Waals surface area contributed by atoms with Crippen LogP contribution in [-0.4, -0.2) is 19.9 Å². The van der Waals surface area contributed by atoms with Gasteiger partial charge in [0.25, 0.3) is 0 Å². The Morgan fingerprint density at radius 1 is 0.286 bits per heavy atom. The summed E-state index contributed by atoms with van der Waals surface area (Å²) in [5, 5.41) is 6.64. The summed E-state index contributed by atoms with van der Waals surface area (Å²) in [6.45, 7) is 0. The van der Waals surface area contributed by atoms with Crippen LogP contribution in [0.15, 0.2) is 194 Å². The summed E-state index contributed by atoms with van der Waals surface area (Å²) in [5.74, 6) is 0. The van der Waals surface area contributed by atoms with E-state index in [-0.39, 0.29) is 0 Å². The molecule has 4 heteroatoms. The average Bonchev–Trinajstić information content (AvgIpc) is 3.28. The molecule has 0 N–H and O–H groups in total. The fourth-order valence-corrected chi connectivity index (χ4v) is 8.01. The topological polar surface area (TPSA) is 51.6 Å². The van der Waals surface area contributed by atoms with Gasteiger partial charge in [0.05, 0.1) is 39.1 Å². The lowest BCUT2D eigenvalue weighted by molar-refractivity contribution is 1.37. The van der Waals surface area contributed by atoms with Gasteiger partial charge in [-0.15, -0.1) is 0 Å². The minimum Gasteiger partial charge on any atom is -0.254 e. The van der Waals surface area contributed by atoms with Crippen molar-refractivity contribution in [3.63, 3.8) is 0 Å². The van der Waals surface area contributed by atoms with Crippen LogP contribution in [0.2, 0.25) is 0 Å². The van der Waals surface area contributed by atoms with Crippen molar-refractivity contribution in [3.8, 4) is 56.0 Å². The van der Waals surface area contributed by atoms with Gasteiger partial charge in [-0.1, -0.05) is 146 Å². The Kier molecular flexibility index (Phi) is 7.46. The zero-order chi connectivity index (χ0) is 37.0. The molecule has 0 atom stereocenters. The number of nitrogens with zero attached hydrogens (tertiary/aromatic N) is 4. The van der Waals surface area contributed by atoms with E-state index in [0.29, 0.717) is 0 Å². The lowest BCUT2D eigenvalue weighted by Crippen LogP contribution is -1.92. The fourth-order valence-electron chi connectivity index (χ4n) is 8.01. The van der Waals surface area contributed by atoms with Gasteiger partial charge in [0.1, 0.15) is 0 Å². The molecule has 260 valence electrons. The van der Waals surface area contributed by atoms with Crippen LogP contribution in [0.1, 0.15) is 0 Å². The molecule has 0 saturated carbocycles. The SMILES string of the molecule is c1ccc(-c2cccc(-c3ccc4ccc(-c5ccc6ccc(-c7ccc(-c8ccc9ccc%10cccnc%10c9n8)c8ccccc78)nc6c5)cc4n3)c2)cc1. The molecule has 4 nitrogen and oxygen atoms in total. The summed E-state index contributed by atoms with van der Waals surface area (Å²) < 4.78 is 0. The third-order valence-electron chi connectivity index (χ3n) is 10.9. The van der Waals surface area contributed by atoms with Crippen molar-refractivity contribution < 1.29 is 0 Å². The molecule has 4 heterocycles. The van der Waals surface area contributed by atoms with Gasteiger partial charge in [0.15, 0.2) is 0 Å². The number of aromatic nitrogens is 4. The van der Waals surface area contributed by atoms with Gasteiger partial charge in [-0.3, -0.25) is 4.98 Å². The van der Waals surface area contributed by atoms with Gasteiger partial charge < -0.3 is 0 Å². The van der Waals surface area contributed by atoms with E-state index >= 15 is 0 Å². The number of fused-ring (bicyclic) bond motifs is 6. The Morgan fingerprint density at radius 3 is 1.52 bits per heavy atom. The van der Waals surface area contributed by atoms with Crippen LogP contribution in [0.4, 0.5) is 0 Å². The van der Waals surface area contributed by atoms with Crippen LogP contribution in [0.25, 0.3) is 110 Å². The predicted molar refractivity (Wildman–Crippen MR) is 232 cm³/mol. The molecule has 56 heavy (non-hydrogen) atoms. The van der Waals surface area contributed by atoms with Crippen LogP contribution in [0.5, 0.6) is 0 Å². The van der Waals surface area contributed by atoms with Gasteiger partial charge in [-0.2, -0.15) is 0 Å². The van der Waals surface area contributed by atoms with Crippen molar-refractivity contribution in [2.75, 3.05) is 0 Å². The standard InChI is InChI=1S/C52H32N4/c1-2-8-33(9-3-1)38-10-6-11-41(30-38)46-26-21-34-15-19-39(31-49(34)54-46)40-20-16-35-22-27-47(55-50(35)32-40)44-24-25-45(43-14-5-4-13-42(43)44)48-28-23-37-18-17-36-12-7-29-53-51(36)52(37)56-48/h1-32H. The van der Waals surface area contributed by atoms with E-state index in [9.17, 15) is 0 Å². The summed E-state index contributed by atoms with van der Waals surface area (Å²) in [7, 11) is 0. The van der Waals surface area contributed by atoms with Gasteiger partial charge in [0.2, 0.25) is 0 Å². The van der Waals surface area contributed by atoms with Crippen LogP contribution in [0, 0.1) is 0 Å². The average molecular weight is 713 g/mol. The normalized spacial score (nSPS) is 11.6. The number of rotatable bonds is 5. The second-order valence-electron chi connectivity index (χ2n) is 14.3. The van der Waals surface area contributed by atoms with Gasteiger partial charge in [0, 0.05) is 44.4 Å². The van der Waals surface area contributed by atoms with E-state index in [1.54, 1.807) is 0 Å². The minimum absolute atomic E-state index is 0.914. The molecule has 0 bridgehead atoms. The number of hydrogen-bond donors (Lipinski definition) is 0. The second-order valence-corrected chi connectivity index (χ2v) is 14.3. The van der Waals surface area contributed by atoms with Crippen molar-refractivity contribution >= 4 is 54.4 Å². The highest BCUT2D eigenvalue weighted by Gasteiger charge is 2.14. The maximum absolute atomic E-state index is 5.27. The van der Waals surface area contributed by atoms with Gasteiger partial charge in [-0.05, 0) is 75.5 Å². The summed E-state index contributed by atoms with van der Waals surface area (Å²) >= 11 is 0. The first kappa shape index (κ1) is 31.9. The molecule has 4 aromatic heterocycles. The second kappa shape index (κ2) is 13.1. The molecule has 0 saturated heterocycles. The first-order chi connectivity index (χ1) is 27.7. The molecular weight excluding hydrogens is 681 g/mol. The van der Waals surface area contributed by atoms with Crippen molar-refractivity contribution in [3.05, 3.63) is 194 Å². The predicted octanol–water partition coefficient (Wildman–Crippen LogP) is 13.4. The smallest absolute Gasteiger partial charge is 0.0972 e. The van der Waals surface area contributed by atoms with Gasteiger partial charge in [-0.25, -0.2) is 15.0 Å².